The van der Waals surface area contributed by atoms with E-state index < -0.39 is 17.2 Å². The van der Waals surface area contributed by atoms with E-state index in [1.165, 1.54) is 0 Å². The smallest absolute Gasteiger partial charge is 0.408 e. The number of benzene rings is 2. The molecule has 7 heteroatoms. The fourth-order valence-corrected chi connectivity index (χ4v) is 4.92. The van der Waals surface area contributed by atoms with Gasteiger partial charge in [0.25, 0.3) is 0 Å². The third-order valence-electron chi connectivity index (χ3n) is 6.84. The van der Waals surface area contributed by atoms with Gasteiger partial charge in [0.15, 0.2) is 0 Å². The average Bonchev–Trinajstić information content (AvgIpc) is 3.25. The molecule has 0 aliphatic heterocycles. The molecular weight excluding hydrogens is 478 g/mol. The third kappa shape index (κ3) is 5.01. The van der Waals surface area contributed by atoms with E-state index in [1.54, 1.807) is 19.2 Å². The van der Waals surface area contributed by atoms with Crippen molar-refractivity contribution >= 4 is 17.7 Å². The van der Waals surface area contributed by atoms with Gasteiger partial charge < -0.3 is 14.8 Å². The molecule has 1 fully saturated rings. The SMILES string of the molecule is CCOC(=O)c1ccc2nc(-c3ccc(C4(NC(=O)OC(C)(C)C)CCC4)cc3)c(-c3ccccc3)n2c1. The Bertz CT molecular complexity index is 1460. The van der Waals surface area contributed by atoms with Gasteiger partial charge in [0, 0.05) is 17.3 Å². The third-order valence-corrected chi connectivity index (χ3v) is 6.84. The normalized spacial score (nSPS) is 14.5. The number of alkyl carbamates (subject to hydrolysis) is 1. The number of hydrogen-bond acceptors (Lipinski definition) is 5. The summed E-state index contributed by atoms with van der Waals surface area (Å²) in [6.07, 6.45) is 4.17. The first-order valence-corrected chi connectivity index (χ1v) is 13.1. The molecule has 7 nitrogen and oxygen atoms in total. The van der Waals surface area contributed by atoms with Crippen LogP contribution in [0.25, 0.3) is 28.2 Å². The average molecular weight is 512 g/mol. The molecule has 0 bridgehead atoms. The fourth-order valence-electron chi connectivity index (χ4n) is 4.92. The zero-order valence-corrected chi connectivity index (χ0v) is 22.3. The molecule has 1 aliphatic rings. The lowest BCUT2D eigenvalue weighted by molar-refractivity contribution is 0.0376. The number of amides is 1. The number of imidazole rings is 1. The first-order valence-electron chi connectivity index (χ1n) is 13.1. The van der Waals surface area contributed by atoms with Crippen molar-refractivity contribution in [3.05, 3.63) is 84.1 Å². The maximum absolute atomic E-state index is 12.6. The number of esters is 1. The Kier molecular flexibility index (Phi) is 6.69. The van der Waals surface area contributed by atoms with Gasteiger partial charge in [-0.25, -0.2) is 14.6 Å². The fraction of sp³-hybridized carbons (Fsp3) is 0.323. The molecule has 2 heterocycles. The number of carbonyl (C=O) groups is 2. The van der Waals surface area contributed by atoms with Gasteiger partial charge in [-0.15, -0.1) is 0 Å². The maximum atomic E-state index is 12.6. The van der Waals surface area contributed by atoms with Crippen LogP contribution in [0.3, 0.4) is 0 Å². The molecular formula is C31H33N3O4. The molecule has 196 valence electrons. The molecule has 0 unspecified atom stereocenters. The summed E-state index contributed by atoms with van der Waals surface area (Å²) in [4.78, 5) is 29.9. The molecule has 1 N–H and O–H groups in total. The molecule has 1 aliphatic carbocycles. The zero-order chi connectivity index (χ0) is 26.9. The van der Waals surface area contributed by atoms with Crippen molar-refractivity contribution < 1.29 is 19.1 Å². The van der Waals surface area contributed by atoms with Gasteiger partial charge in [-0.05, 0) is 64.7 Å². The van der Waals surface area contributed by atoms with E-state index in [2.05, 4.69) is 17.4 Å². The molecule has 2 aromatic heterocycles. The highest BCUT2D eigenvalue weighted by molar-refractivity contribution is 5.90. The van der Waals surface area contributed by atoms with Gasteiger partial charge in [-0.3, -0.25) is 4.40 Å². The van der Waals surface area contributed by atoms with E-state index in [0.717, 1.165) is 53.0 Å². The van der Waals surface area contributed by atoms with E-state index in [1.807, 2.05) is 73.7 Å². The van der Waals surface area contributed by atoms with Gasteiger partial charge >= 0.3 is 12.1 Å². The molecule has 38 heavy (non-hydrogen) atoms. The van der Waals surface area contributed by atoms with E-state index in [9.17, 15) is 9.59 Å². The van der Waals surface area contributed by atoms with Crippen molar-refractivity contribution in [3.8, 4) is 22.5 Å². The van der Waals surface area contributed by atoms with Gasteiger partial charge in [0.05, 0.1) is 29.1 Å². The molecule has 0 atom stereocenters. The van der Waals surface area contributed by atoms with Crippen LogP contribution in [0.2, 0.25) is 0 Å². The molecule has 0 spiro atoms. The largest absolute Gasteiger partial charge is 0.462 e. The van der Waals surface area contributed by atoms with Crippen molar-refractivity contribution in [2.45, 2.75) is 58.1 Å². The van der Waals surface area contributed by atoms with Crippen molar-refractivity contribution in [3.63, 3.8) is 0 Å². The highest BCUT2D eigenvalue weighted by Gasteiger charge is 2.41. The summed E-state index contributed by atoms with van der Waals surface area (Å²) < 4.78 is 12.7. The highest BCUT2D eigenvalue weighted by atomic mass is 16.6. The monoisotopic (exact) mass is 511 g/mol. The van der Waals surface area contributed by atoms with Crippen LogP contribution in [0.15, 0.2) is 72.9 Å². The van der Waals surface area contributed by atoms with Gasteiger partial charge in [-0.1, -0.05) is 54.6 Å². The number of aromatic nitrogens is 2. The minimum atomic E-state index is -0.553. The maximum Gasteiger partial charge on any atom is 0.408 e. The summed E-state index contributed by atoms with van der Waals surface area (Å²) in [5, 5.41) is 3.12. The lowest BCUT2D eigenvalue weighted by Crippen LogP contribution is -2.52. The van der Waals surface area contributed by atoms with Crippen molar-refractivity contribution in [2.75, 3.05) is 6.61 Å². The Balaban J connectivity index is 1.53. The summed E-state index contributed by atoms with van der Waals surface area (Å²) in [6, 6.07) is 21.8. The van der Waals surface area contributed by atoms with Crippen LogP contribution >= 0.6 is 0 Å². The molecule has 5 rings (SSSR count). The quantitative estimate of drug-likeness (QED) is 0.290. The van der Waals surface area contributed by atoms with Crippen LogP contribution < -0.4 is 5.32 Å². The highest BCUT2D eigenvalue weighted by Crippen LogP contribution is 2.42. The van der Waals surface area contributed by atoms with E-state index in [4.69, 9.17) is 14.5 Å². The zero-order valence-electron chi connectivity index (χ0n) is 22.3. The van der Waals surface area contributed by atoms with E-state index in [0.29, 0.717) is 12.2 Å². The Labute approximate surface area is 222 Å². The Morgan fingerprint density at radius 2 is 1.68 bits per heavy atom. The summed E-state index contributed by atoms with van der Waals surface area (Å²) in [7, 11) is 0. The number of nitrogens with one attached hydrogen (secondary N) is 1. The standard InChI is InChI=1S/C31H33N3O4/c1-5-37-28(35)23-14-17-25-32-26(27(34(25)20-23)22-10-7-6-8-11-22)21-12-15-24(16-13-21)31(18-9-19-31)33-29(36)38-30(2,3)4/h6-8,10-17,20H,5,9,18-19H2,1-4H3,(H,33,36). The second-order valence-corrected chi connectivity index (χ2v) is 10.7. The molecule has 4 aromatic rings. The number of pyridine rings is 1. The first kappa shape index (κ1) is 25.5. The summed E-state index contributed by atoms with van der Waals surface area (Å²) >= 11 is 0. The number of nitrogens with zero attached hydrogens (tertiary/aromatic N) is 2. The Hall–Kier alpha value is -4.13. The van der Waals surface area contributed by atoms with Crippen molar-refractivity contribution in [1.82, 2.24) is 14.7 Å². The number of ether oxygens (including phenoxy) is 2. The molecule has 0 radical (unpaired) electrons. The molecule has 0 saturated heterocycles. The second kappa shape index (κ2) is 9.97. The van der Waals surface area contributed by atoms with Crippen LogP contribution in [0.5, 0.6) is 0 Å². The number of carbonyl (C=O) groups excluding carboxylic acids is 2. The van der Waals surface area contributed by atoms with Gasteiger partial charge in [0.1, 0.15) is 11.2 Å². The second-order valence-electron chi connectivity index (χ2n) is 10.7. The van der Waals surface area contributed by atoms with E-state index in [-0.39, 0.29) is 5.97 Å². The van der Waals surface area contributed by atoms with Crippen LogP contribution in [0.4, 0.5) is 4.79 Å². The van der Waals surface area contributed by atoms with Crippen LogP contribution in [0.1, 0.15) is 62.9 Å². The summed E-state index contributed by atoms with van der Waals surface area (Å²) in [6.45, 7) is 7.70. The predicted molar refractivity (Wildman–Crippen MR) is 147 cm³/mol. The minimum absolute atomic E-state index is 0.314. The molecule has 2 aromatic carbocycles. The summed E-state index contributed by atoms with van der Waals surface area (Å²) in [5.74, 6) is -0.365. The lowest BCUT2D eigenvalue weighted by Gasteiger charge is -2.43. The van der Waals surface area contributed by atoms with Gasteiger partial charge in [-0.2, -0.15) is 0 Å². The predicted octanol–water partition coefficient (Wildman–Crippen LogP) is 6.75. The van der Waals surface area contributed by atoms with Crippen molar-refractivity contribution in [1.29, 1.82) is 0 Å². The molecule has 1 saturated carbocycles. The van der Waals surface area contributed by atoms with Crippen LogP contribution in [-0.2, 0) is 15.0 Å². The van der Waals surface area contributed by atoms with E-state index >= 15 is 0 Å². The number of hydrogen-bond donors (Lipinski definition) is 1. The minimum Gasteiger partial charge on any atom is -0.462 e. The van der Waals surface area contributed by atoms with Gasteiger partial charge in [0.2, 0.25) is 0 Å². The first-order chi connectivity index (χ1) is 18.2. The number of fused-ring (bicyclic) bond motifs is 1. The summed E-state index contributed by atoms with van der Waals surface area (Å²) in [5.41, 5.74) is 4.92. The Morgan fingerprint density at radius 1 is 0.974 bits per heavy atom. The van der Waals surface area contributed by atoms with Crippen LogP contribution in [-0.4, -0.2) is 33.7 Å². The lowest BCUT2D eigenvalue weighted by atomic mass is 9.71. The number of rotatable bonds is 6. The van der Waals surface area contributed by atoms with Crippen molar-refractivity contribution in [2.24, 2.45) is 0 Å². The molecule has 1 amide bonds. The Morgan fingerprint density at radius 3 is 2.29 bits per heavy atom. The van der Waals surface area contributed by atoms with Crippen LogP contribution in [0, 0.1) is 0 Å². The topological polar surface area (TPSA) is 81.9 Å².